The predicted octanol–water partition coefficient (Wildman–Crippen LogP) is 3.42. The Labute approximate surface area is 160 Å². The number of nitrogens with one attached hydrogen (secondary N) is 2. The van der Waals surface area contributed by atoms with Crippen molar-refractivity contribution < 1.29 is 17.9 Å². The molecule has 2 aromatic rings. The SMILES string of the molecule is COc1ccccc1C=CC(=O)Nc1ccc(S(=O)(=O)NC(C)(C)C)cc1. The zero-order valence-electron chi connectivity index (χ0n) is 15.8. The van der Waals surface area contributed by atoms with Gasteiger partial charge in [-0.1, -0.05) is 18.2 Å². The first kappa shape index (κ1) is 20.7. The Morgan fingerprint density at radius 2 is 1.67 bits per heavy atom. The minimum absolute atomic E-state index is 0.139. The molecule has 1 amide bonds. The number of rotatable bonds is 6. The molecule has 0 saturated heterocycles. The van der Waals surface area contributed by atoms with E-state index in [1.165, 1.54) is 18.2 Å². The minimum atomic E-state index is -3.61. The molecule has 0 aliphatic carbocycles. The summed E-state index contributed by atoms with van der Waals surface area (Å²) in [5.41, 5.74) is 0.707. The van der Waals surface area contributed by atoms with E-state index >= 15 is 0 Å². The van der Waals surface area contributed by atoms with E-state index in [9.17, 15) is 13.2 Å². The second-order valence-electron chi connectivity index (χ2n) is 6.94. The molecule has 0 saturated carbocycles. The number of methoxy groups -OCH3 is 1. The molecule has 2 aromatic carbocycles. The van der Waals surface area contributed by atoms with Gasteiger partial charge < -0.3 is 10.1 Å². The quantitative estimate of drug-likeness (QED) is 0.743. The molecular weight excluding hydrogens is 364 g/mol. The molecule has 0 bridgehead atoms. The van der Waals surface area contributed by atoms with Crippen LogP contribution in [0.15, 0.2) is 59.5 Å². The van der Waals surface area contributed by atoms with Crippen LogP contribution in [-0.4, -0.2) is 27.0 Å². The van der Waals surface area contributed by atoms with E-state index < -0.39 is 15.6 Å². The van der Waals surface area contributed by atoms with Crippen molar-refractivity contribution in [3.8, 4) is 5.75 Å². The van der Waals surface area contributed by atoms with E-state index in [4.69, 9.17) is 4.74 Å². The second-order valence-corrected chi connectivity index (χ2v) is 8.63. The topological polar surface area (TPSA) is 84.5 Å². The summed E-state index contributed by atoms with van der Waals surface area (Å²) < 4.78 is 32.4. The fourth-order valence-electron chi connectivity index (χ4n) is 2.33. The van der Waals surface area contributed by atoms with Gasteiger partial charge in [-0.05, 0) is 57.2 Å². The summed E-state index contributed by atoms with van der Waals surface area (Å²) in [5, 5.41) is 2.69. The van der Waals surface area contributed by atoms with Crippen LogP contribution in [0.4, 0.5) is 5.69 Å². The maximum absolute atomic E-state index is 12.3. The summed E-state index contributed by atoms with van der Waals surface area (Å²) >= 11 is 0. The third kappa shape index (κ3) is 6.23. The van der Waals surface area contributed by atoms with Gasteiger partial charge in [-0.3, -0.25) is 4.79 Å². The summed E-state index contributed by atoms with van der Waals surface area (Å²) in [6.45, 7) is 5.31. The summed E-state index contributed by atoms with van der Waals surface area (Å²) in [6.07, 6.45) is 3.05. The third-order valence-corrected chi connectivity index (χ3v) is 5.20. The summed E-state index contributed by atoms with van der Waals surface area (Å²) in [4.78, 5) is 12.2. The van der Waals surface area contributed by atoms with Crippen LogP contribution >= 0.6 is 0 Å². The monoisotopic (exact) mass is 388 g/mol. The molecule has 27 heavy (non-hydrogen) atoms. The molecule has 0 radical (unpaired) electrons. The fraction of sp³-hybridized carbons (Fsp3) is 0.250. The van der Waals surface area contributed by atoms with Crippen molar-refractivity contribution in [3.63, 3.8) is 0 Å². The van der Waals surface area contributed by atoms with Crippen molar-refractivity contribution in [2.45, 2.75) is 31.2 Å². The van der Waals surface area contributed by atoms with Crippen LogP contribution < -0.4 is 14.8 Å². The molecule has 0 heterocycles. The smallest absolute Gasteiger partial charge is 0.248 e. The zero-order chi connectivity index (χ0) is 20.1. The van der Waals surface area contributed by atoms with Gasteiger partial charge in [0.15, 0.2) is 0 Å². The maximum atomic E-state index is 12.3. The van der Waals surface area contributed by atoms with Crippen molar-refractivity contribution in [3.05, 3.63) is 60.2 Å². The van der Waals surface area contributed by atoms with Crippen molar-refractivity contribution >= 4 is 27.7 Å². The number of ether oxygens (including phenoxy) is 1. The molecule has 144 valence electrons. The van der Waals surface area contributed by atoms with Crippen LogP contribution in [0.1, 0.15) is 26.3 Å². The molecule has 7 heteroatoms. The fourth-order valence-corrected chi connectivity index (χ4v) is 3.75. The van der Waals surface area contributed by atoms with Gasteiger partial charge in [0.1, 0.15) is 5.75 Å². The van der Waals surface area contributed by atoms with E-state index in [-0.39, 0.29) is 10.8 Å². The summed E-state index contributed by atoms with van der Waals surface area (Å²) in [5.74, 6) is 0.340. The van der Waals surface area contributed by atoms with Crippen molar-refractivity contribution in [1.29, 1.82) is 0 Å². The molecule has 0 atom stereocenters. The van der Waals surface area contributed by atoms with Gasteiger partial charge in [0.2, 0.25) is 15.9 Å². The first-order valence-electron chi connectivity index (χ1n) is 8.37. The lowest BCUT2D eigenvalue weighted by molar-refractivity contribution is -0.111. The van der Waals surface area contributed by atoms with E-state index in [2.05, 4.69) is 10.0 Å². The highest BCUT2D eigenvalue weighted by atomic mass is 32.2. The maximum Gasteiger partial charge on any atom is 0.248 e. The average molecular weight is 388 g/mol. The molecule has 2 N–H and O–H groups in total. The molecule has 2 rings (SSSR count). The Morgan fingerprint density at radius 3 is 2.26 bits per heavy atom. The number of carbonyl (C=O) groups excluding carboxylic acids is 1. The van der Waals surface area contributed by atoms with E-state index in [0.717, 1.165) is 5.56 Å². The van der Waals surface area contributed by atoms with E-state index in [1.807, 2.05) is 24.3 Å². The van der Waals surface area contributed by atoms with Crippen molar-refractivity contribution in [1.82, 2.24) is 4.72 Å². The highest BCUT2D eigenvalue weighted by Crippen LogP contribution is 2.19. The minimum Gasteiger partial charge on any atom is -0.496 e. The highest BCUT2D eigenvalue weighted by molar-refractivity contribution is 7.89. The first-order valence-corrected chi connectivity index (χ1v) is 9.85. The largest absolute Gasteiger partial charge is 0.496 e. The van der Waals surface area contributed by atoms with Gasteiger partial charge in [-0.2, -0.15) is 0 Å². The molecule has 0 aliphatic rings. The predicted molar refractivity (Wildman–Crippen MR) is 107 cm³/mol. The van der Waals surface area contributed by atoms with Gasteiger partial charge in [0.25, 0.3) is 0 Å². The van der Waals surface area contributed by atoms with E-state index in [1.54, 1.807) is 46.1 Å². The number of para-hydroxylation sites is 1. The summed E-state index contributed by atoms with van der Waals surface area (Å²) in [7, 11) is -2.04. The molecular formula is C20H24N2O4S. The number of hydrogen-bond donors (Lipinski definition) is 2. The van der Waals surface area contributed by atoms with Gasteiger partial charge in [0, 0.05) is 22.9 Å². The number of anilines is 1. The van der Waals surface area contributed by atoms with Crippen LogP contribution in [0, 0.1) is 0 Å². The molecule has 0 aliphatic heterocycles. The molecule has 6 nitrogen and oxygen atoms in total. The van der Waals surface area contributed by atoms with Crippen LogP contribution in [0.25, 0.3) is 6.08 Å². The molecule has 0 spiro atoms. The zero-order valence-corrected chi connectivity index (χ0v) is 16.6. The Morgan fingerprint density at radius 1 is 1.04 bits per heavy atom. The Kier molecular flexibility index (Phi) is 6.41. The molecule has 0 unspecified atom stereocenters. The Hall–Kier alpha value is -2.64. The van der Waals surface area contributed by atoms with Crippen LogP contribution in [0.2, 0.25) is 0 Å². The lowest BCUT2D eigenvalue weighted by Crippen LogP contribution is -2.40. The van der Waals surface area contributed by atoms with Gasteiger partial charge >= 0.3 is 0 Å². The third-order valence-electron chi connectivity index (χ3n) is 3.43. The van der Waals surface area contributed by atoms with Gasteiger partial charge in [0.05, 0.1) is 12.0 Å². The van der Waals surface area contributed by atoms with Crippen molar-refractivity contribution in [2.75, 3.05) is 12.4 Å². The van der Waals surface area contributed by atoms with Crippen LogP contribution in [0.5, 0.6) is 5.75 Å². The summed E-state index contributed by atoms with van der Waals surface area (Å²) in [6, 6.07) is 13.3. The number of carbonyl (C=O) groups is 1. The standard InChI is InChI=1S/C20H24N2O4S/c1-20(2,3)22-27(24,25)17-12-10-16(11-13-17)21-19(23)14-9-15-7-5-6-8-18(15)26-4/h5-14,22H,1-4H3,(H,21,23). The van der Waals surface area contributed by atoms with E-state index in [0.29, 0.717) is 11.4 Å². The Bertz CT molecular complexity index is 927. The highest BCUT2D eigenvalue weighted by Gasteiger charge is 2.21. The average Bonchev–Trinajstić information content (AvgIpc) is 2.58. The number of sulfonamides is 1. The molecule has 0 aromatic heterocycles. The number of amides is 1. The van der Waals surface area contributed by atoms with Gasteiger partial charge in [-0.25, -0.2) is 13.1 Å². The lowest BCUT2D eigenvalue weighted by atomic mass is 10.1. The number of hydrogen-bond acceptors (Lipinski definition) is 4. The Balaban J connectivity index is 2.06. The van der Waals surface area contributed by atoms with Crippen molar-refractivity contribution in [2.24, 2.45) is 0 Å². The molecule has 0 fully saturated rings. The second kappa shape index (κ2) is 8.37. The van der Waals surface area contributed by atoms with Gasteiger partial charge in [-0.15, -0.1) is 0 Å². The first-order chi connectivity index (χ1) is 12.6. The van der Waals surface area contributed by atoms with Crippen LogP contribution in [-0.2, 0) is 14.8 Å². The van der Waals surface area contributed by atoms with Crippen LogP contribution in [0.3, 0.4) is 0 Å². The normalized spacial score (nSPS) is 12.1. The number of benzene rings is 2. The lowest BCUT2D eigenvalue weighted by Gasteiger charge is -2.20.